The number of nitrogens with one attached hydrogen (secondary N) is 1. The topological polar surface area (TPSA) is 24.9 Å². The van der Waals surface area contributed by atoms with Crippen molar-refractivity contribution in [1.82, 2.24) is 10.3 Å². The number of aryl methyl sites for hydroxylation is 1. The average Bonchev–Trinajstić information content (AvgIpc) is 3.08. The van der Waals surface area contributed by atoms with E-state index in [1.165, 1.54) is 42.7 Å². The van der Waals surface area contributed by atoms with Crippen molar-refractivity contribution in [3.8, 4) is 0 Å². The fraction of sp³-hybridized carbons (Fsp3) is 0.800. The first-order valence-corrected chi connectivity index (χ1v) is 8.33. The lowest BCUT2D eigenvalue weighted by Gasteiger charge is -2.32. The number of hydrogen-bond donors (Lipinski definition) is 1. The Kier molecular flexibility index (Phi) is 2.73. The molecule has 3 saturated carbocycles. The Morgan fingerprint density at radius 2 is 2.17 bits per heavy atom. The van der Waals surface area contributed by atoms with Crippen molar-refractivity contribution in [2.75, 3.05) is 0 Å². The molecule has 3 fully saturated rings. The van der Waals surface area contributed by atoms with E-state index in [0.717, 1.165) is 36.3 Å². The number of aromatic nitrogens is 1. The Morgan fingerprint density at radius 3 is 3.00 bits per heavy atom. The number of fused-ring (bicyclic) bond motifs is 5. The second-order valence-corrected chi connectivity index (χ2v) is 7.44. The van der Waals surface area contributed by atoms with Gasteiger partial charge in [-0.15, -0.1) is 11.3 Å². The standard InChI is InChI=1S/C15H22N2S/c1-9-15(18-8-17-9)7-16-14-6-10-5-13(14)12-4-2-3-11(10)12/h8,10-14,16H,2-7H2,1H3. The highest BCUT2D eigenvalue weighted by Crippen LogP contribution is 2.58. The molecule has 0 aliphatic heterocycles. The molecule has 3 aliphatic rings. The summed E-state index contributed by atoms with van der Waals surface area (Å²) in [5.74, 6) is 4.24. The molecule has 18 heavy (non-hydrogen) atoms. The first-order valence-electron chi connectivity index (χ1n) is 7.45. The Bertz CT molecular complexity index is 441. The summed E-state index contributed by atoms with van der Waals surface area (Å²) >= 11 is 1.80. The summed E-state index contributed by atoms with van der Waals surface area (Å²) in [6.45, 7) is 3.17. The lowest BCUT2D eigenvalue weighted by molar-refractivity contribution is 0.208. The minimum atomic E-state index is 0.802. The molecule has 0 saturated heterocycles. The SMILES string of the molecule is Cc1ncsc1CNC1CC2CC1C1CCCC21. The number of thiazole rings is 1. The lowest BCUT2D eigenvalue weighted by Crippen LogP contribution is -2.38. The first kappa shape index (κ1) is 11.4. The summed E-state index contributed by atoms with van der Waals surface area (Å²) in [4.78, 5) is 5.77. The third-order valence-corrected chi connectivity index (χ3v) is 6.73. The van der Waals surface area contributed by atoms with Crippen molar-refractivity contribution in [2.24, 2.45) is 23.7 Å². The third-order valence-electron chi connectivity index (χ3n) is 5.80. The molecule has 1 heterocycles. The second-order valence-electron chi connectivity index (χ2n) is 6.50. The maximum Gasteiger partial charge on any atom is 0.0798 e. The molecular formula is C15H22N2S. The van der Waals surface area contributed by atoms with Crippen LogP contribution in [0, 0.1) is 30.6 Å². The normalized spacial score (nSPS) is 41.5. The van der Waals surface area contributed by atoms with Crippen molar-refractivity contribution >= 4 is 11.3 Å². The first-order chi connectivity index (χ1) is 8.83. The van der Waals surface area contributed by atoms with E-state index < -0.39 is 0 Å². The van der Waals surface area contributed by atoms with Crippen LogP contribution in [0.4, 0.5) is 0 Å². The molecule has 0 aromatic carbocycles. The van der Waals surface area contributed by atoms with Gasteiger partial charge in [0, 0.05) is 17.5 Å². The van der Waals surface area contributed by atoms with Gasteiger partial charge in [-0.25, -0.2) is 4.98 Å². The number of rotatable bonds is 3. The third kappa shape index (κ3) is 1.67. The Morgan fingerprint density at radius 1 is 1.28 bits per heavy atom. The zero-order valence-electron chi connectivity index (χ0n) is 11.1. The Balaban J connectivity index is 1.41. The molecule has 1 N–H and O–H groups in total. The molecule has 5 atom stereocenters. The fourth-order valence-corrected chi connectivity index (χ4v) is 5.75. The van der Waals surface area contributed by atoms with Crippen LogP contribution in [0.25, 0.3) is 0 Å². The maximum absolute atomic E-state index is 4.34. The number of hydrogen-bond acceptors (Lipinski definition) is 3. The zero-order valence-corrected chi connectivity index (χ0v) is 11.9. The summed E-state index contributed by atoms with van der Waals surface area (Å²) in [5, 5.41) is 3.84. The molecule has 1 aromatic rings. The predicted molar refractivity (Wildman–Crippen MR) is 74.5 cm³/mol. The van der Waals surface area contributed by atoms with Crippen LogP contribution in [0.5, 0.6) is 0 Å². The molecule has 3 aliphatic carbocycles. The van der Waals surface area contributed by atoms with Gasteiger partial charge in [0.05, 0.1) is 11.2 Å². The van der Waals surface area contributed by atoms with E-state index in [4.69, 9.17) is 0 Å². The molecular weight excluding hydrogens is 240 g/mol. The minimum Gasteiger partial charge on any atom is -0.309 e. The molecule has 2 nitrogen and oxygen atoms in total. The highest BCUT2D eigenvalue weighted by Gasteiger charge is 2.53. The molecule has 98 valence electrons. The Hall–Kier alpha value is -0.410. The van der Waals surface area contributed by atoms with Crippen LogP contribution in [0.1, 0.15) is 42.7 Å². The van der Waals surface area contributed by atoms with E-state index >= 15 is 0 Å². The van der Waals surface area contributed by atoms with Gasteiger partial charge in [-0.1, -0.05) is 6.42 Å². The van der Waals surface area contributed by atoms with Gasteiger partial charge in [-0.2, -0.15) is 0 Å². The summed E-state index contributed by atoms with van der Waals surface area (Å²) in [6, 6.07) is 0.802. The van der Waals surface area contributed by atoms with Crippen molar-refractivity contribution in [2.45, 2.75) is 51.6 Å². The van der Waals surface area contributed by atoms with Crippen LogP contribution >= 0.6 is 11.3 Å². The summed E-state index contributed by atoms with van der Waals surface area (Å²) in [5.41, 5.74) is 3.19. The molecule has 0 amide bonds. The maximum atomic E-state index is 4.34. The second kappa shape index (κ2) is 4.31. The summed E-state index contributed by atoms with van der Waals surface area (Å²) in [6.07, 6.45) is 7.53. The van der Waals surface area contributed by atoms with E-state index in [9.17, 15) is 0 Å². The number of nitrogens with zero attached hydrogens (tertiary/aromatic N) is 1. The van der Waals surface area contributed by atoms with E-state index in [1.807, 2.05) is 5.51 Å². The van der Waals surface area contributed by atoms with Gasteiger partial charge in [-0.3, -0.25) is 0 Å². The highest BCUT2D eigenvalue weighted by molar-refractivity contribution is 7.09. The molecule has 0 spiro atoms. The molecule has 4 rings (SSSR count). The highest BCUT2D eigenvalue weighted by atomic mass is 32.1. The van der Waals surface area contributed by atoms with Crippen LogP contribution < -0.4 is 5.32 Å². The van der Waals surface area contributed by atoms with Gasteiger partial charge in [0.1, 0.15) is 0 Å². The molecule has 1 aromatic heterocycles. The van der Waals surface area contributed by atoms with Crippen molar-refractivity contribution in [3.63, 3.8) is 0 Å². The largest absolute Gasteiger partial charge is 0.309 e. The lowest BCUT2D eigenvalue weighted by atomic mass is 9.79. The van der Waals surface area contributed by atoms with Crippen molar-refractivity contribution < 1.29 is 0 Å². The predicted octanol–water partition coefficient (Wildman–Crippen LogP) is 3.37. The van der Waals surface area contributed by atoms with Gasteiger partial charge in [0.15, 0.2) is 0 Å². The molecule has 0 radical (unpaired) electrons. The fourth-order valence-electron chi connectivity index (χ4n) is 5.02. The quantitative estimate of drug-likeness (QED) is 0.903. The van der Waals surface area contributed by atoms with Crippen molar-refractivity contribution in [3.05, 3.63) is 16.1 Å². The van der Waals surface area contributed by atoms with Crippen molar-refractivity contribution in [1.29, 1.82) is 0 Å². The van der Waals surface area contributed by atoms with Crippen LogP contribution in [-0.2, 0) is 6.54 Å². The van der Waals surface area contributed by atoms with Crippen LogP contribution in [0.15, 0.2) is 5.51 Å². The molecule has 2 bridgehead atoms. The van der Waals surface area contributed by atoms with Gasteiger partial charge in [0.25, 0.3) is 0 Å². The van der Waals surface area contributed by atoms with E-state index in [-0.39, 0.29) is 0 Å². The molecule has 5 unspecified atom stereocenters. The molecule has 3 heteroatoms. The van der Waals surface area contributed by atoms with E-state index in [0.29, 0.717) is 0 Å². The summed E-state index contributed by atoms with van der Waals surface area (Å²) in [7, 11) is 0. The van der Waals surface area contributed by atoms with Gasteiger partial charge in [-0.05, 0) is 56.3 Å². The van der Waals surface area contributed by atoms with Crippen LogP contribution in [-0.4, -0.2) is 11.0 Å². The van der Waals surface area contributed by atoms with Gasteiger partial charge in [0.2, 0.25) is 0 Å². The van der Waals surface area contributed by atoms with Gasteiger partial charge >= 0.3 is 0 Å². The van der Waals surface area contributed by atoms with Crippen LogP contribution in [0.2, 0.25) is 0 Å². The monoisotopic (exact) mass is 262 g/mol. The Labute approximate surface area is 113 Å². The van der Waals surface area contributed by atoms with Crippen LogP contribution in [0.3, 0.4) is 0 Å². The smallest absolute Gasteiger partial charge is 0.0798 e. The zero-order chi connectivity index (χ0) is 12.1. The van der Waals surface area contributed by atoms with Gasteiger partial charge < -0.3 is 5.32 Å². The van der Waals surface area contributed by atoms with E-state index in [2.05, 4.69) is 17.2 Å². The summed E-state index contributed by atoms with van der Waals surface area (Å²) < 4.78 is 0. The van der Waals surface area contributed by atoms with E-state index in [1.54, 1.807) is 11.3 Å². The average molecular weight is 262 g/mol. The minimum absolute atomic E-state index is 0.802.